The fourth-order valence-electron chi connectivity index (χ4n) is 1.40. The average Bonchev–Trinajstić information content (AvgIpc) is 2.06. The highest BCUT2D eigenvalue weighted by Gasteiger charge is 2.24. The second-order valence-corrected chi connectivity index (χ2v) is 3.36. The molecule has 0 aromatic carbocycles. The minimum atomic E-state index is -0.384. The molecule has 0 amide bonds. The molecule has 2 nitrogen and oxygen atoms in total. The first-order valence-corrected chi connectivity index (χ1v) is 4.39. The summed E-state index contributed by atoms with van der Waals surface area (Å²) in [6.07, 6.45) is 10.8. The molecule has 0 aromatic rings. The molecular weight excluding hydrogens is 152 g/mol. The molecule has 0 saturated heterocycles. The maximum atomic E-state index is 9.12. The largest absolute Gasteiger partial charge is 0.395 e. The number of hydrogen-bond acceptors (Lipinski definition) is 2. The average molecular weight is 168 g/mol. The van der Waals surface area contributed by atoms with Crippen LogP contribution in [0, 0.1) is 5.41 Å². The Morgan fingerprint density at radius 1 is 1.17 bits per heavy atom. The molecule has 1 aliphatic carbocycles. The van der Waals surface area contributed by atoms with Crippen LogP contribution in [0.25, 0.3) is 0 Å². The number of aliphatic hydroxyl groups is 2. The summed E-state index contributed by atoms with van der Waals surface area (Å²) in [6.45, 7) is 0.0711. The molecule has 0 bridgehead atoms. The Morgan fingerprint density at radius 2 is 1.92 bits per heavy atom. The van der Waals surface area contributed by atoms with Gasteiger partial charge in [-0.1, -0.05) is 24.3 Å². The fraction of sp³-hybridized carbons (Fsp3) is 0.600. The summed E-state index contributed by atoms with van der Waals surface area (Å²) < 4.78 is 0. The molecule has 0 radical (unpaired) electrons. The second-order valence-electron chi connectivity index (χ2n) is 3.36. The van der Waals surface area contributed by atoms with E-state index in [0.717, 1.165) is 19.3 Å². The first kappa shape index (κ1) is 9.49. The normalized spacial score (nSPS) is 27.2. The van der Waals surface area contributed by atoms with Crippen LogP contribution in [0.2, 0.25) is 0 Å². The van der Waals surface area contributed by atoms with Crippen LogP contribution < -0.4 is 0 Å². The first-order chi connectivity index (χ1) is 5.83. The second kappa shape index (κ2) is 4.43. The van der Waals surface area contributed by atoms with Crippen LogP contribution in [0.4, 0.5) is 0 Å². The Labute approximate surface area is 73.2 Å². The molecule has 1 rings (SSSR count). The first-order valence-electron chi connectivity index (χ1n) is 4.39. The molecule has 0 saturated carbocycles. The molecule has 2 N–H and O–H groups in total. The van der Waals surface area contributed by atoms with Crippen molar-refractivity contribution in [2.24, 2.45) is 5.41 Å². The third-order valence-corrected chi connectivity index (χ3v) is 2.37. The quantitative estimate of drug-likeness (QED) is 0.651. The van der Waals surface area contributed by atoms with Gasteiger partial charge in [-0.3, -0.25) is 0 Å². The zero-order valence-electron chi connectivity index (χ0n) is 7.24. The third kappa shape index (κ3) is 2.19. The standard InChI is InChI=1S/C10H16O2/c11-8-10(9-12)6-4-2-1-3-5-7-10/h1-2,4,6,11-12H,3,5,7-9H2/b2-1-,6-4-. The zero-order valence-corrected chi connectivity index (χ0v) is 7.24. The lowest BCUT2D eigenvalue weighted by atomic mass is 9.83. The van der Waals surface area contributed by atoms with Gasteiger partial charge in [-0.15, -0.1) is 0 Å². The zero-order chi connectivity index (χ0) is 8.86. The van der Waals surface area contributed by atoms with Crippen LogP contribution in [-0.4, -0.2) is 23.4 Å². The van der Waals surface area contributed by atoms with Gasteiger partial charge in [-0.2, -0.15) is 0 Å². The number of aliphatic hydroxyl groups excluding tert-OH is 2. The number of rotatable bonds is 2. The predicted octanol–water partition coefficient (Wildman–Crippen LogP) is 1.25. The van der Waals surface area contributed by atoms with E-state index in [4.69, 9.17) is 10.2 Å². The van der Waals surface area contributed by atoms with Crippen molar-refractivity contribution in [3.8, 4) is 0 Å². The van der Waals surface area contributed by atoms with Crippen LogP contribution >= 0.6 is 0 Å². The van der Waals surface area contributed by atoms with Crippen LogP contribution in [0.5, 0.6) is 0 Å². The molecule has 2 heteroatoms. The lowest BCUT2D eigenvalue weighted by molar-refractivity contribution is 0.0847. The van der Waals surface area contributed by atoms with E-state index in [1.54, 1.807) is 0 Å². The molecule has 1 aliphatic rings. The van der Waals surface area contributed by atoms with Crippen LogP contribution in [0.3, 0.4) is 0 Å². The van der Waals surface area contributed by atoms with Crippen molar-refractivity contribution >= 4 is 0 Å². The summed E-state index contributed by atoms with van der Waals surface area (Å²) in [6, 6.07) is 0. The molecule has 0 fully saturated rings. The third-order valence-electron chi connectivity index (χ3n) is 2.37. The summed E-state index contributed by atoms with van der Waals surface area (Å²) in [5.74, 6) is 0. The molecule has 0 heterocycles. The summed E-state index contributed by atoms with van der Waals surface area (Å²) >= 11 is 0. The van der Waals surface area contributed by atoms with E-state index >= 15 is 0 Å². The number of hydrogen-bond donors (Lipinski definition) is 2. The Bertz CT molecular complexity index is 178. The van der Waals surface area contributed by atoms with Crippen molar-refractivity contribution in [3.63, 3.8) is 0 Å². The Kier molecular flexibility index (Phi) is 3.50. The molecule has 0 unspecified atom stereocenters. The van der Waals surface area contributed by atoms with Gasteiger partial charge in [0, 0.05) is 5.41 Å². The smallest absolute Gasteiger partial charge is 0.0544 e. The predicted molar refractivity (Wildman–Crippen MR) is 48.7 cm³/mol. The highest BCUT2D eigenvalue weighted by molar-refractivity contribution is 5.10. The van der Waals surface area contributed by atoms with Gasteiger partial charge < -0.3 is 10.2 Å². The van der Waals surface area contributed by atoms with Gasteiger partial charge in [0.25, 0.3) is 0 Å². The molecule has 0 atom stereocenters. The van der Waals surface area contributed by atoms with Gasteiger partial charge in [-0.05, 0) is 19.3 Å². The van der Waals surface area contributed by atoms with E-state index in [-0.39, 0.29) is 18.6 Å². The van der Waals surface area contributed by atoms with E-state index in [2.05, 4.69) is 6.08 Å². The van der Waals surface area contributed by atoms with Crippen molar-refractivity contribution in [2.75, 3.05) is 13.2 Å². The molecule has 12 heavy (non-hydrogen) atoms. The molecule has 0 aliphatic heterocycles. The summed E-state index contributed by atoms with van der Waals surface area (Å²) in [5.41, 5.74) is -0.384. The van der Waals surface area contributed by atoms with Crippen molar-refractivity contribution < 1.29 is 10.2 Å². The monoisotopic (exact) mass is 168 g/mol. The lowest BCUT2D eigenvalue weighted by Crippen LogP contribution is -2.27. The minimum Gasteiger partial charge on any atom is -0.395 e. The topological polar surface area (TPSA) is 40.5 Å². The van der Waals surface area contributed by atoms with Gasteiger partial charge in [0.2, 0.25) is 0 Å². The molecule has 0 aromatic heterocycles. The van der Waals surface area contributed by atoms with Crippen LogP contribution in [-0.2, 0) is 0 Å². The van der Waals surface area contributed by atoms with Gasteiger partial charge in [-0.25, -0.2) is 0 Å². The fourth-order valence-corrected chi connectivity index (χ4v) is 1.40. The van der Waals surface area contributed by atoms with E-state index in [1.807, 2.05) is 18.2 Å². The summed E-state index contributed by atoms with van der Waals surface area (Å²) in [7, 11) is 0. The van der Waals surface area contributed by atoms with Gasteiger partial charge >= 0.3 is 0 Å². The van der Waals surface area contributed by atoms with Crippen molar-refractivity contribution in [2.45, 2.75) is 19.3 Å². The van der Waals surface area contributed by atoms with Gasteiger partial charge in [0.05, 0.1) is 13.2 Å². The SMILES string of the molecule is OCC1(CO)/C=C\C=C/CCC1. The molecule has 68 valence electrons. The summed E-state index contributed by atoms with van der Waals surface area (Å²) in [4.78, 5) is 0. The van der Waals surface area contributed by atoms with Crippen LogP contribution in [0.15, 0.2) is 24.3 Å². The van der Waals surface area contributed by atoms with Crippen molar-refractivity contribution in [1.29, 1.82) is 0 Å². The van der Waals surface area contributed by atoms with Gasteiger partial charge in [0.15, 0.2) is 0 Å². The van der Waals surface area contributed by atoms with Crippen molar-refractivity contribution in [3.05, 3.63) is 24.3 Å². The highest BCUT2D eigenvalue weighted by Crippen LogP contribution is 2.26. The lowest BCUT2D eigenvalue weighted by Gasteiger charge is -2.26. The van der Waals surface area contributed by atoms with Crippen LogP contribution in [0.1, 0.15) is 19.3 Å². The molecular formula is C10H16O2. The Hall–Kier alpha value is -0.600. The van der Waals surface area contributed by atoms with Crippen molar-refractivity contribution in [1.82, 2.24) is 0 Å². The Morgan fingerprint density at radius 3 is 2.58 bits per heavy atom. The van der Waals surface area contributed by atoms with E-state index in [9.17, 15) is 0 Å². The van der Waals surface area contributed by atoms with E-state index in [0.29, 0.717) is 0 Å². The minimum absolute atomic E-state index is 0.0356. The maximum absolute atomic E-state index is 9.12. The number of allylic oxidation sites excluding steroid dienone is 3. The van der Waals surface area contributed by atoms with Gasteiger partial charge in [0.1, 0.15) is 0 Å². The van der Waals surface area contributed by atoms with E-state index in [1.165, 1.54) is 0 Å². The summed E-state index contributed by atoms with van der Waals surface area (Å²) in [5, 5.41) is 18.2. The Balaban J connectivity index is 2.71. The maximum Gasteiger partial charge on any atom is 0.0544 e. The van der Waals surface area contributed by atoms with E-state index < -0.39 is 0 Å². The highest BCUT2D eigenvalue weighted by atomic mass is 16.3. The molecule has 0 spiro atoms.